The van der Waals surface area contributed by atoms with Crippen LogP contribution in [-0.2, 0) is 11.2 Å². The summed E-state index contributed by atoms with van der Waals surface area (Å²) >= 11 is 0. The van der Waals surface area contributed by atoms with E-state index in [1.807, 2.05) is 6.07 Å². The molecule has 1 aliphatic heterocycles. The summed E-state index contributed by atoms with van der Waals surface area (Å²) in [6.07, 6.45) is 4.04. The third-order valence-corrected chi connectivity index (χ3v) is 5.44. The number of piperidine rings is 1. The Bertz CT molecular complexity index is 724. The van der Waals surface area contributed by atoms with Crippen LogP contribution in [0.15, 0.2) is 54.6 Å². The molecule has 0 bridgehead atoms. The molecule has 1 heterocycles. The van der Waals surface area contributed by atoms with Gasteiger partial charge in [0.25, 0.3) is 0 Å². The minimum absolute atomic E-state index is 0.143. The van der Waals surface area contributed by atoms with E-state index in [2.05, 4.69) is 65.3 Å². The van der Waals surface area contributed by atoms with E-state index in [0.717, 1.165) is 45.3 Å². The predicted molar refractivity (Wildman–Crippen MR) is 110 cm³/mol. The Morgan fingerprint density at radius 3 is 2.52 bits per heavy atom. The summed E-state index contributed by atoms with van der Waals surface area (Å²) in [5.74, 6) is -0.726. The molecule has 0 radical (unpaired) electrons. The number of carbonyl (C=O) groups is 1. The second-order valence-electron chi connectivity index (χ2n) is 7.51. The number of carboxylic acids is 1. The molecular weight excluding hydrogens is 336 g/mol. The molecule has 3 rings (SSSR count). The van der Waals surface area contributed by atoms with Crippen LogP contribution in [0.1, 0.15) is 30.4 Å². The molecule has 0 aromatic heterocycles. The third kappa shape index (κ3) is 5.83. The van der Waals surface area contributed by atoms with Gasteiger partial charge in [-0.1, -0.05) is 42.5 Å². The molecule has 144 valence electrons. The second-order valence-corrected chi connectivity index (χ2v) is 7.51. The van der Waals surface area contributed by atoms with Crippen molar-refractivity contribution in [2.24, 2.45) is 0 Å². The zero-order chi connectivity index (χ0) is 19.1. The zero-order valence-electron chi connectivity index (χ0n) is 16.2. The van der Waals surface area contributed by atoms with Crippen molar-refractivity contribution in [1.82, 2.24) is 4.90 Å². The highest BCUT2D eigenvalue weighted by Crippen LogP contribution is 2.23. The van der Waals surface area contributed by atoms with Crippen molar-refractivity contribution in [3.05, 3.63) is 65.7 Å². The lowest BCUT2D eigenvalue weighted by molar-refractivity contribution is -0.139. The summed E-state index contributed by atoms with van der Waals surface area (Å²) in [5.41, 5.74) is 3.88. The molecule has 0 spiro atoms. The van der Waals surface area contributed by atoms with Crippen molar-refractivity contribution in [3.63, 3.8) is 0 Å². The minimum atomic E-state index is -0.726. The molecule has 0 atom stereocenters. The summed E-state index contributed by atoms with van der Waals surface area (Å²) in [5, 5.41) is 9.34. The van der Waals surface area contributed by atoms with Crippen molar-refractivity contribution < 1.29 is 9.90 Å². The summed E-state index contributed by atoms with van der Waals surface area (Å²) in [4.78, 5) is 16.0. The number of aryl methyl sites for hydroxylation is 2. The smallest absolute Gasteiger partial charge is 0.317 e. The normalized spacial score (nSPS) is 15.3. The standard InChI is InChI=1S/C23H30N2O2/c1-19-7-5-11-22(17-19)24-15-12-21(13-16-24)25(18-23(26)27)14-6-10-20-8-3-2-4-9-20/h2-5,7-9,11,17,21H,6,10,12-16,18H2,1H3,(H,26,27). The highest BCUT2D eigenvalue weighted by molar-refractivity contribution is 5.69. The second kappa shape index (κ2) is 9.56. The number of anilines is 1. The van der Waals surface area contributed by atoms with Crippen molar-refractivity contribution >= 4 is 11.7 Å². The molecule has 4 nitrogen and oxygen atoms in total. The van der Waals surface area contributed by atoms with Crippen LogP contribution >= 0.6 is 0 Å². The quantitative estimate of drug-likeness (QED) is 0.767. The SMILES string of the molecule is Cc1cccc(N2CCC(N(CCCc3ccccc3)CC(=O)O)CC2)c1. The highest BCUT2D eigenvalue weighted by atomic mass is 16.4. The van der Waals surface area contributed by atoms with E-state index in [9.17, 15) is 9.90 Å². The maximum Gasteiger partial charge on any atom is 0.317 e. The summed E-state index contributed by atoms with van der Waals surface area (Å²) in [6.45, 7) is 5.09. The van der Waals surface area contributed by atoms with Gasteiger partial charge >= 0.3 is 5.97 Å². The Kier molecular flexibility index (Phi) is 6.88. The molecule has 0 aliphatic carbocycles. The van der Waals surface area contributed by atoms with Gasteiger partial charge in [-0.15, -0.1) is 0 Å². The van der Waals surface area contributed by atoms with Crippen LogP contribution in [0.25, 0.3) is 0 Å². The first-order valence-corrected chi connectivity index (χ1v) is 9.93. The first-order chi connectivity index (χ1) is 13.1. The van der Waals surface area contributed by atoms with Crippen molar-refractivity contribution in [2.75, 3.05) is 31.1 Å². The Balaban J connectivity index is 1.53. The number of rotatable bonds is 8. The Morgan fingerprint density at radius 1 is 1.11 bits per heavy atom. The zero-order valence-corrected chi connectivity index (χ0v) is 16.2. The minimum Gasteiger partial charge on any atom is -0.480 e. The van der Waals surface area contributed by atoms with Gasteiger partial charge in [-0.2, -0.15) is 0 Å². The Labute approximate surface area is 162 Å². The molecule has 0 saturated carbocycles. The van der Waals surface area contributed by atoms with Gasteiger partial charge in [-0.05, 0) is 62.4 Å². The lowest BCUT2D eigenvalue weighted by Crippen LogP contribution is -2.47. The number of hydrogen-bond acceptors (Lipinski definition) is 3. The van der Waals surface area contributed by atoms with E-state index < -0.39 is 5.97 Å². The largest absolute Gasteiger partial charge is 0.480 e. The number of aliphatic carboxylic acids is 1. The van der Waals surface area contributed by atoms with Crippen molar-refractivity contribution in [1.29, 1.82) is 0 Å². The summed E-state index contributed by atoms with van der Waals surface area (Å²) in [6, 6.07) is 19.4. The fourth-order valence-electron chi connectivity index (χ4n) is 4.01. The van der Waals surface area contributed by atoms with E-state index >= 15 is 0 Å². The van der Waals surface area contributed by atoms with Crippen molar-refractivity contribution in [2.45, 2.75) is 38.6 Å². The number of hydrogen-bond donors (Lipinski definition) is 1. The Hall–Kier alpha value is -2.33. The molecule has 0 unspecified atom stereocenters. The average Bonchev–Trinajstić information content (AvgIpc) is 2.68. The van der Waals surface area contributed by atoms with Gasteiger partial charge in [-0.25, -0.2) is 0 Å². The van der Waals surface area contributed by atoms with Crippen LogP contribution < -0.4 is 4.90 Å². The van der Waals surface area contributed by atoms with E-state index in [1.165, 1.54) is 16.8 Å². The molecule has 1 saturated heterocycles. The number of carboxylic acid groups (broad SMARTS) is 1. The van der Waals surface area contributed by atoms with Gasteiger partial charge < -0.3 is 10.0 Å². The average molecular weight is 367 g/mol. The van der Waals surface area contributed by atoms with Crippen LogP contribution in [-0.4, -0.2) is 48.2 Å². The van der Waals surface area contributed by atoms with Gasteiger partial charge in [-0.3, -0.25) is 9.69 Å². The lowest BCUT2D eigenvalue weighted by Gasteiger charge is -2.39. The van der Waals surface area contributed by atoms with Crippen molar-refractivity contribution in [3.8, 4) is 0 Å². The molecule has 2 aromatic carbocycles. The van der Waals surface area contributed by atoms with Gasteiger partial charge in [0.05, 0.1) is 6.54 Å². The maximum atomic E-state index is 11.4. The van der Waals surface area contributed by atoms with E-state index in [-0.39, 0.29) is 6.54 Å². The molecule has 1 aliphatic rings. The predicted octanol–water partition coefficient (Wildman–Crippen LogP) is 3.98. The van der Waals surface area contributed by atoms with Gasteiger partial charge in [0.2, 0.25) is 0 Å². The topological polar surface area (TPSA) is 43.8 Å². The van der Waals surface area contributed by atoms with Crippen LogP contribution in [0.2, 0.25) is 0 Å². The fourth-order valence-corrected chi connectivity index (χ4v) is 4.01. The lowest BCUT2D eigenvalue weighted by atomic mass is 10.0. The summed E-state index contributed by atoms with van der Waals surface area (Å²) in [7, 11) is 0. The van der Waals surface area contributed by atoms with Crippen LogP contribution in [0.4, 0.5) is 5.69 Å². The molecule has 0 amide bonds. The first-order valence-electron chi connectivity index (χ1n) is 9.93. The van der Waals surface area contributed by atoms with Gasteiger partial charge in [0.1, 0.15) is 0 Å². The molecule has 1 fully saturated rings. The van der Waals surface area contributed by atoms with E-state index in [1.54, 1.807) is 0 Å². The third-order valence-electron chi connectivity index (χ3n) is 5.44. The highest BCUT2D eigenvalue weighted by Gasteiger charge is 2.25. The maximum absolute atomic E-state index is 11.4. The molecular formula is C23H30N2O2. The van der Waals surface area contributed by atoms with Gasteiger partial charge in [0, 0.05) is 24.8 Å². The van der Waals surface area contributed by atoms with Gasteiger partial charge in [0.15, 0.2) is 0 Å². The van der Waals surface area contributed by atoms with E-state index in [0.29, 0.717) is 6.04 Å². The Morgan fingerprint density at radius 2 is 1.85 bits per heavy atom. The monoisotopic (exact) mass is 366 g/mol. The number of nitrogens with zero attached hydrogens (tertiary/aromatic N) is 2. The molecule has 1 N–H and O–H groups in total. The number of benzene rings is 2. The fraction of sp³-hybridized carbons (Fsp3) is 0.435. The first kappa shape index (κ1) is 19.4. The molecule has 4 heteroatoms. The summed E-state index contributed by atoms with van der Waals surface area (Å²) < 4.78 is 0. The van der Waals surface area contributed by atoms with E-state index in [4.69, 9.17) is 0 Å². The van der Waals surface area contributed by atoms with Crippen LogP contribution in [0.5, 0.6) is 0 Å². The molecule has 27 heavy (non-hydrogen) atoms. The van der Waals surface area contributed by atoms with Crippen LogP contribution in [0, 0.1) is 6.92 Å². The molecule has 2 aromatic rings. The van der Waals surface area contributed by atoms with Crippen LogP contribution in [0.3, 0.4) is 0 Å².